The van der Waals surface area contributed by atoms with Crippen molar-refractivity contribution in [1.82, 2.24) is 0 Å². The highest BCUT2D eigenvalue weighted by Gasteiger charge is 2.11. The van der Waals surface area contributed by atoms with Gasteiger partial charge in [-0.05, 0) is 36.8 Å². The second-order valence-electron chi connectivity index (χ2n) is 5.41. The van der Waals surface area contributed by atoms with Crippen LogP contribution in [-0.2, 0) is 20.7 Å². The molecule has 0 aliphatic heterocycles. The number of rotatable bonds is 9. The van der Waals surface area contributed by atoms with Gasteiger partial charge in [0.2, 0.25) is 0 Å². The molecule has 2 aromatic rings. The summed E-state index contributed by atoms with van der Waals surface area (Å²) in [6, 6.07) is 15.9. The minimum atomic E-state index is -0.666. The first-order chi connectivity index (χ1) is 13.1. The molecule has 0 bridgehead atoms. The van der Waals surface area contributed by atoms with Gasteiger partial charge in [0.25, 0.3) is 5.91 Å². The highest BCUT2D eigenvalue weighted by Crippen LogP contribution is 2.26. The second kappa shape index (κ2) is 10.5. The molecule has 2 rings (SSSR count). The molecule has 0 spiro atoms. The number of anilines is 1. The number of nitrogens with zero attached hydrogens (tertiary/aromatic N) is 1. The average Bonchev–Trinajstić information content (AvgIpc) is 2.68. The standard InChI is InChI=1S/C20H20N2O5/c1-2-25-17-5-3-4-6-18(17)26-14-20(24)27-13-19(23)22-16-9-7-15(8-10-16)11-12-21/h3-10H,2,11,13-14H2,1H3,(H,22,23). The number of carbonyl (C=O) groups excluding carboxylic acids is 2. The summed E-state index contributed by atoms with van der Waals surface area (Å²) >= 11 is 0. The van der Waals surface area contributed by atoms with Crippen LogP contribution in [0.25, 0.3) is 0 Å². The van der Waals surface area contributed by atoms with Gasteiger partial charge in [0.15, 0.2) is 24.7 Å². The lowest BCUT2D eigenvalue weighted by molar-refractivity contribution is -0.149. The number of hydrogen-bond donors (Lipinski definition) is 1. The SMILES string of the molecule is CCOc1ccccc1OCC(=O)OCC(=O)Nc1ccc(CC#N)cc1. The molecular weight excluding hydrogens is 348 g/mol. The van der Waals surface area contributed by atoms with Crippen LogP contribution in [-0.4, -0.2) is 31.7 Å². The number of amides is 1. The predicted octanol–water partition coefficient (Wildman–Crippen LogP) is 2.71. The number of ether oxygens (including phenoxy) is 3. The molecule has 2 aromatic carbocycles. The van der Waals surface area contributed by atoms with E-state index in [9.17, 15) is 9.59 Å². The lowest BCUT2D eigenvalue weighted by Crippen LogP contribution is -2.23. The molecule has 1 N–H and O–H groups in total. The van der Waals surface area contributed by atoms with E-state index in [1.54, 1.807) is 48.5 Å². The van der Waals surface area contributed by atoms with Crippen molar-refractivity contribution < 1.29 is 23.8 Å². The Morgan fingerprint density at radius 3 is 2.30 bits per heavy atom. The van der Waals surface area contributed by atoms with E-state index in [0.29, 0.717) is 30.2 Å². The van der Waals surface area contributed by atoms with E-state index in [0.717, 1.165) is 5.56 Å². The highest BCUT2D eigenvalue weighted by atomic mass is 16.6. The van der Waals surface area contributed by atoms with Crippen LogP contribution in [0.1, 0.15) is 12.5 Å². The number of nitrogens with one attached hydrogen (secondary N) is 1. The second-order valence-corrected chi connectivity index (χ2v) is 5.41. The molecule has 0 aromatic heterocycles. The minimum Gasteiger partial charge on any atom is -0.490 e. The van der Waals surface area contributed by atoms with Crippen LogP contribution < -0.4 is 14.8 Å². The third-order valence-electron chi connectivity index (χ3n) is 3.38. The molecule has 0 heterocycles. The maximum absolute atomic E-state index is 11.8. The van der Waals surface area contributed by atoms with Gasteiger partial charge in [0.05, 0.1) is 19.1 Å². The Morgan fingerprint density at radius 1 is 1.00 bits per heavy atom. The molecule has 7 nitrogen and oxygen atoms in total. The Hall–Kier alpha value is -3.53. The highest BCUT2D eigenvalue weighted by molar-refractivity contribution is 5.92. The topological polar surface area (TPSA) is 97.7 Å². The normalized spacial score (nSPS) is 9.78. The third kappa shape index (κ3) is 6.71. The molecule has 0 aliphatic carbocycles. The number of hydrogen-bond acceptors (Lipinski definition) is 6. The molecule has 140 valence electrons. The Morgan fingerprint density at radius 2 is 1.67 bits per heavy atom. The van der Waals surface area contributed by atoms with Crippen LogP contribution in [0.2, 0.25) is 0 Å². The van der Waals surface area contributed by atoms with Gasteiger partial charge in [-0.1, -0.05) is 24.3 Å². The quantitative estimate of drug-likeness (QED) is 0.684. The molecular formula is C20H20N2O5. The molecule has 0 radical (unpaired) electrons. The zero-order valence-electron chi connectivity index (χ0n) is 14.9. The predicted molar refractivity (Wildman–Crippen MR) is 98.5 cm³/mol. The Kier molecular flexibility index (Phi) is 7.67. The van der Waals surface area contributed by atoms with E-state index in [-0.39, 0.29) is 6.61 Å². The summed E-state index contributed by atoms with van der Waals surface area (Å²) in [6.45, 7) is 1.57. The molecule has 0 saturated carbocycles. The molecule has 0 saturated heterocycles. The minimum absolute atomic E-state index is 0.304. The lowest BCUT2D eigenvalue weighted by atomic mass is 10.1. The average molecular weight is 368 g/mol. The number of esters is 1. The third-order valence-corrected chi connectivity index (χ3v) is 3.38. The van der Waals surface area contributed by atoms with Crippen LogP contribution in [0.3, 0.4) is 0 Å². The smallest absolute Gasteiger partial charge is 0.344 e. The molecule has 7 heteroatoms. The van der Waals surface area contributed by atoms with E-state index in [1.807, 2.05) is 13.0 Å². The van der Waals surface area contributed by atoms with Crippen LogP contribution in [0.15, 0.2) is 48.5 Å². The van der Waals surface area contributed by atoms with Crippen molar-refractivity contribution in [3.05, 3.63) is 54.1 Å². The van der Waals surface area contributed by atoms with E-state index in [4.69, 9.17) is 19.5 Å². The van der Waals surface area contributed by atoms with Crippen molar-refractivity contribution in [2.75, 3.05) is 25.1 Å². The molecule has 1 amide bonds. The molecule has 27 heavy (non-hydrogen) atoms. The van der Waals surface area contributed by atoms with E-state index < -0.39 is 18.5 Å². The molecule has 0 atom stereocenters. The summed E-state index contributed by atoms with van der Waals surface area (Å²) < 4.78 is 15.7. The summed E-state index contributed by atoms with van der Waals surface area (Å²) in [5.41, 5.74) is 1.41. The fourth-order valence-electron chi connectivity index (χ4n) is 2.16. The molecule has 0 unspecified atom stereocenters. The first kappa shape index (κ1) is 19.8. The van der Waals surface area contributed by atoms with Crippen molar-refractivity contribution in [3.63, 3.8) is 0 Å². The first-order valence-electron chi connectivity index (χ1n) is 8.38. The summed E-state index contributed by atoms with van der Waals surface area (Å²) in [4.78, 5) is 23.6. The molecule has 0 fully saturated rings. The Labute approximate surface area is 157 Å². The summed E-state index contributed by atoms with van der Waals surface area (Å²) in [6.07, 6.45) is 0.304. The number of para-hydroxylation sites is 2. The van der Waals surface area contributed by atoms with E-state index >= 15 is 0 Å². The summed E-state index contributed by atoms with van der Waals surface area (Å²) in [7, 11) is 0. The Balaban J connectivity index is 1.75. The van der Waals surface area contributed by atoms with Gasteiger partial charge in [-0.2, -0.15) is 5.26 Å². The van der Waals surface area contributed by atoms with Gasteiger partial charge in [-0.15, -0.1) is 0 Å². The maximum atomic E-state index is 11.8. The number of nitriles is 1. The van der Waals surface area contributed by atoms with Gasteiger partial charge in [0, 0.05) is 5.69 Å². The van der Waals surface area contributed by atoms with Crippen LogP contribution in [0, 0.1) is 11.3 Å². The summed E-state index contributed by atoms with van der Waals surface area (Å²) in [5, 5.41) is 11.2. The van der Waals surface area contributed by atoms with Gasteiger partial charge in [-0.3, -0.25) is 4.79 Å². The maximum Gasteiger partial charge on any atom is 0.344 e. The number of carbonyl (C=O) groups is 2. The van der Waals surface area contributed by atoms with Crippen LogP contribution in [0.5, 0.6) is 11.5 Å². The van der Waals surface area contributed by atoms with Crippen LogP contribution in [0.4, 0.5) is 5.69 Å². The van der Waals surface area contributed by atoms with Gasteiger partial charge >= 0.3 is 5.97 Å². The summed E-state index contributed by atoms with van der Waals surface area (Å²) in [5.74, 6) is -0.171. The van der Waals surface area contributed by atoms with Crippen LogP contribution >= 0.6 is 0 Å². The fraction of sp³-hybridized carbons (Fsp3) is 0.250. The number of benzene rings is 2. The van der Waals surface area contributed by atoms with Crippen molar-refractivity contribution in [1.29, 1.82) is 5.26 Å². The Bertz CT molecular complexity index is 812. The lowest BCUT2D eigenvalue weighted by Gasteiger charge is -2.11. The van der Waals surface area contributed by atoms with E-state index in [1.165, 1.54) is 0 Å². The van der Waals surface area contributed by atoms with Gasteiger partial charge in [0.1, 0.15) is 0 Å². The van der Waals surface area contributed by atoms with E-state index in [2.05, 4.69) is 5.32 Å². The van der Waals surface area contributed by atoms with Crippen molar-refractivity contribution >= 4 is 17.6 Å². The first-order valence-corrected chi connectivity index (χ1v) is 8.38. The molecule has 0 aliphatic rings. The largest absolute Gasteiger partial charge is 0.490 e. The van der Waals surface area contributed by atoms with Crippen molar-refractivity contribution in [2.24, 2.45) is 0 Å². The van der Waals surface area contributed by atoms with Gasteiger partial charge in [-0.25, -0.2) is 4.79 Å². The zero-order valence-corrected chi connectivity index (χ0v) is 14.9. The zero-order chi connectivity index (χ0) is 19.5. The van der Waals surface area contributed by atoms with Crippen molar-refractivity contribution in [3.8, 4) is 17.6 Å². The van der Waals surface area contributed by atoms with Gasteiger partial charge < -0.3 is 19.5 Å². The van der Waals surface area contributed by atoms with Crippen molar-refractivity contribution in [2.45, 2.75) is 13.3 Å². The monoisotopic (exact) mass is 368 g/mol. The fourth-order valence-corrected chi connectivity index (χ4v) is 2.16.